The Labute approximate surface area is 218 Å². The number of aryl methyl sites for hydroxylation is 1. The average molecular weight is 516 g/mol. The van der Waals surface area contributed by atoms with E-state index in [1.165, 1.54) is 17.8 Å². The molecule has 0 saturated carbocycles. The molecule has 0 radical (unpaired) electrons. The SMILES string of the molecule is CB(O)N1CCN(c2cnc3ccc(Sc4nnc5c(F)cc(-c6cnn(C)c6)cn45)cc3c2)[C@@H](C)C1. The van der Waals surface area contributed by atoms with E-state index in [4.69, 9.17) is 0 Å². The van der Waals surface area contributed by atoms with Gasteiger partial charge in [0.05, 0.1) is 23.6 Å². The van der Waals surface area contributed by atoms with Crippen molar-refractivity contribution in [2.24, 2.45) is 7.05 Å². The molecule has 1 saturated heterocycles. The monoisotopic (exact) mass is 516 g/mol. The van der Waals surface area contributed by atoms with E-state index in [1.54, 1.807) is 15.3 Å². The number of nitrogens with zero attached hydrogens (tertiary/aromatic N) is 8. The van der Waals surface area contributed by atoms with E-state index in [0.29, 0.717) is 10.7 Å². The fourth-order valence-electron chi connectivity index (χ4n) is 4.86. The van der Waals surface area contributed by atoms with Gasteiger partial charge in [0.2, 0.25) is 5.16 Å². The number of hydrogen-bond donors (Lipinski definition) is 1. The standard InChI is InChI=1S/C25H26BFN8OS/c1-16-13-33(26(2)36)6-7-34(16)20-8-17-9-21(4-5-23(17)28-12-20)37-25-31-30-24-22(27)10-18(15-35(24)25)19-11-29-32(3)14-19/h4-5,8-12,14-16,36H,6-7,13H2,1-3H3/t16-/m0/s1. The van der Waals surface area contributed by atoms with Crippen LogP contribution >= 0.6 is 11.8 Å². The molecule has 0 aliphatic carbocycles. The number of pyridine rings is 2. The Morgan fingerprint density at radius 3 is 2.70 bits per heavy atom. The lowest BCUT2D eigenvalue weighted by Gasteiger charge is -2.41. The van der Waals surface area contributed by atoms with Crippen LogP contribution in [-0.2, 0) is 7.05 Å². The molecule has 5 aromatic rings. The zero-order valence-electron chi connectivity index (χ0n) is 20.8. The summed E-state index contributed by atoms with van der Waals surface area (Å²) in [5, 5.41) is 24.1. The summed E-state index contributed by atoms with van der Waals surface area (Å²) >= 11 is 1.43. The van der Waals surface area contributed by atoms with Crippen molar-refractivity contribution in [1.82, 2.24) is 34.2 Å². The predicted octanol–water partition coefficient (Wildman–Crippen LogP) is 3.59. The molecule has 9 nitrogen and oxygen atoms in total. The first kappa shape index (κ1) is 23.9. The molecular formula is C25H26BFN8OS. The Bertz CT molecular complexity index is 1600. The molecule has 0 spiro atoms. The third kappa shape index (κ3) is 4.56. The van der Waals surface area contributed by atoms with Gasteiger partial charge in [0.25, 0.3) is 0 Å². The van der Waals surface area contributed by atoms with Gasteiger partial charge in [0.15, 0.2) is 11.5 Å². The number of piperazine rings is 1. The summed E-state index contributed by atoms with van der Waals surface area (Å²) in [6, 6.07) is 9.93. The average Bonchev–Trinajstić information content (AvgIpc) is 3.50. The molecule has 0 bridgehead atoms. The molecule has 1 atom stereocenters. The van der Waals surface area contributed by atoms with Crippen molar-refractivity contribution >= 4 is 41.0 Å². The van der Waals surface area contributed by atoms with E-state index in [-0.39, 0.29) is 11.7 Å². The zero-order chi connectivity index (χ0) is 25.7. The Balaban J connectivity index is 1.30. The third-order valence-electron chi connectivity index (χ3n) is 6.83. The van der Waals surface area contributed by atoms with Gasteiger partial charge in [-0.1, -0.05) is 0 Å². The van der Waals surface area contributed by atoms with Crippen molar-refractivity contribution in [3.8, 4) is 11.1 Å². The summed E-state index contributed by atoms with van der Waals surface area (Å²) < 4.78 is 18.2. The van der Waals surface area contributed by atoms with Crippen LogP contribution in [0.3, 0.4) is 0 Å². The van der Waals surface area contributed by atoms with Crippen LogP contribution in [-0.4, -0.2) is 71.9 Å². The number of aromatic nitrogens is 6. The first-order valence-corrected chi connectivity index (χ1v) is 13.0. The summed E-state index contributed by atoms with van der Waals surface area (Å²) in [6.45, 7) is 6.40. The molecule has 188 valence electrons. The largest absolute Gasteiger partial charge is 0.437 e. The number of benzene rings is 1. The van der Waals surface area contributed by atoms with E-state index in [9.17, 15) is 9.41 Å². The van der Waals surface area contributed by atoms with Crippen molar-refractivity contribution in [3.63, 3.8) is 0 Å². The minimum absolute atomic E-state index is 0.185. The first-order valence-electron chi connectivity index (χ1n) is 12.2. The summed E-state index contributed by atoms with van der Waals surface area (Å²) in [4.78, 5) is 10.1. The Hall–Kier alpha value is -3.48. The van der Waals surface area contributed by atoms with Gasteiger partial charge in [0, 0.05) is 66.5 Å². The van der Waals surface area contributed by atoms with E-state index in [1.807, 2.05) is 44.6 Å². The minimum Gasteiger partial charge on any atom is -0.437 e. The number of anilines is 1. The molecule has 12 heteroatoms. The molecule has 5 heterocycles. The fourth-order valence-corrected chi connectivity index (χ4v) is 5.72. The molecule has 6 rings (SSSR count). The first-order chi connectivity index (χ1) is 17.9. The highest BCUT2D eigenvalue weighted by Crippen LogP contribution is 2.32. The van der Waals surface area contributed by atoms with Crippen LogP contribution in [0.15, 0.2) is 65.2 Å². The second-order valence-electron chi connectivity index (χ2n) is 9.47. The summed E-state index contributed by atoms with van der Waals surface area (Å²) in [5.41, 5.74) is 3.67. The van der Waals surface area contributed by atoms with Gasteiger partial charge >= 0.3 is 7.05 Å². The van der Waals surface area contributed by atoms with Crippen LogP contribution in [0.1, 0.15) is 6.92 Å². The molecule has 1 aliphatic heterocycles. The van der Waals surface area contributed by atoms with Crippen LogP contribution < -0.4 is 4.90 Å². The third-order valence-corrected chi connectivity index (χ3v) is 7.78. The maximum atomic E-state index is 14.8. The van der Waals surface area contributed by atoms with Gasteiger partial charge in [-0.2, -0.15) is 5.10 Å². The Kier molecular flexibility index (Phi) is 6.09. The molecule has 1 aliphatic rings. The molecule has 0 amide bonds. The maximum Gasteiger partial charge on any atom is 0.376 e. The smallest absolute Gasteiger partial charge is 0.376 e. The highest BCUT2D eigenvalue weighted by molar-refractivity contribution is 7.99. The van der Waals surface area contributed by atoms with E-state index >= 15 is 0 Å². The maximum absolute atomic E-state index is 14.8. The van der Waals surface area contributed by atoms with Gasteiger partial charge in [-0.15, -0.1) is 10.2 Å². The predicted molar refractivity (Wildman–Crippen MR) is 143 cm³/mol. The quantitative estimate of drug-likeness (QED) is 0.355. The zero-order valence-corrected chi connectivity index (χ0v) is 21.6. The van der Waals surface area contributed by atoms with Crippen LogP contribution in [0, 0.1) is 5.82 Å². The molecule has 1 fully saturated rings. The molecular weight excluding hydrogens is 490 g/mol. The van der Waals surface area contributed by atoms with Gasteiger partial charge in [-0.3, -0.25) is 14.1 Å². The van der Waals surface area contributed by atoms with Crippen LogP contribution in [0.2, 0.25) is 6.82 Å². The molecule has 1 N–H and O–H groups in total. The Morgan fingerprint density at radius 1 is 1.08 bits per heavy atom. The highest BCUT2D eigenvalue weighted by atomic mass is 32.2. The lowest BCUT2D eigenvalue weighted by molar-refractivity contribution is 0.309. The van der Waals surface area contributed by atoms with E-state index < -0.39 is 12.9 Å². The Morgan fingerprint density at radius 2 is 1.95 bits per heavy atom. The number of fused-ring (bicyclic) bond motifs is 2. The summed E-state index contributed by atoms with van der Waals surface area (Å²) in [6.07, 6.45) is 7.30. The van der Waals surface area contributed by atoms with Gasteiger partial charge in [-0.25, -0.2) is 4.39 Å². The van der Waals surface area contributed by atoms with Gasteiger partial charge < -0.3 is 14.7 Å². The fraction of sp³-hybridized carbons (Fsp3) is 0.280. The second-order valence-corrected chi connectivity index (χ2v) is 10.5. The van der Waals surface area contributed by atoms with Crippen molar-refractivity contribution < 1.29 is 9.41 Å². The summed E-state index contributed by atoms with van der Waals surface area (Å²) in [7, 11) is 1.38. The van der Waals surface area contributed by atoms with Crippen molar-refractivity contribution in [2.45, 2.75) is 29.8 Å². The topological polar surface area (TPSA) is 87.6 Å². The van der Waals surface area contributed by atoms with Crippen LogP contribution in [0.25, 0.3) is 27.7 Å². The molecule has 1 aromatic carbocycles. The lowest BCUT2D eigenvalue weighted by Crippen LogP contribution is -2.56. The summed E-state index contributed by atoms with van der Waals surface area (Å²) in [5.74, 6) is -0.433. The minimum atomic E-state index is -0.443. The van der Waals surface area contributed by atoms with E-state index in [2.05, 4.69) is 49.0 Å². The van der Waals surface area contributed by atoms with E-state index in [0.717, 1.165) is 46.7 Å². The van der Waals surface area contributed by atoms with Crippen molar-refractivity contribution in [2.75, 3.05) is 24.5 Å². The highest BCUT2D eigenvalue weighted by Gasteiger charge is 2.28. The number of halogens is 1. The molecule has 37 heavy (non-hydrogen) atoms. The second kappa shape index (κ2) is 9.44. The van der Waals surface area contributed by atoms with Crippen molar-refractivity contribution in [3.05, 3.63) is 60.9 Å². The van der Waals surface area contributed by atoms with Gasteiger partial charge in [0.1, 0.15) is 0 Å². The van der Waals surface area contributed by atoms with Crippen LogP contribution in [0.5, 0.6) is 0 Å². The van der Waals surface area contributed by atoms with Gasteiger partial charge in [-0.05, 0) is 55.8 Å². The lowest BCUT2D eigenvalue weighted by atomic mass is 9.83. The van der Waals surface area contributed by atoms with Crippen LogP contribution in [0.4, 0.5) is 10.1 Å². The number of hydrogen-bond acceptors (Lipinski definition) is 8. The van der Waals surface area contributed by atoms with Crippen molar-refractivity contribution in [1.29, 1.82) is 0 Å². The number of rotatable bonds is 5. The molecule has 0 unspecified atom stereocenters. The normalized spacial score (nSPS) is 16.7. The molecule has 4 aromatic heterocycles.